The van der Waals surface area contributed by atoms with Gasteiger partial charge in [0.2, 0.25) is 11.5 Å². The molecule has 8 heteroatoms. The summed E-state index contributed by atoms with van der Waals surface area (Å²) in [5, 5.41) is -0.0802. The third-order valence-corrected chi connectivity index (χ3v) is 3.72. The molecule has 1 N–H and O–H groups in total. The van der Waals surface area contributed by atoms with Gasteiger partial charge in [0.05, 0.1) is 0 Å². The van der Waals surface area contributed by atoms with Crippen molar-refractivity contribution in [3.05, 3.63) is 38.2 Å². The first-order valence-corrected chi connectivity index (χ1v) is 6.99. The standard InChI is InChI=1S/C14H13F3N2O3/c15-14(16,17)13-18-11(21)10-8(3-1-2-7-4-5-7)6-9(20)22-12(10)19-13/h6-7H,1-5H2,(H,18,19,21). The third-order valence-electron chi connectivity index (χ3n) is 3.72. The number of hydrogen-bond donors (Lipinski definition) is 1. The van der Waals surface area contributed by atoms with Crippen molar-refractivity contribution in [1.82, 2.24) is 9.97 Å². The van der Waals surface area contributed by atoms with Crippen molar-refractivity contribution in [3.8, 4) is 0 Å². The van der Waals surface area contributed by atoms with E-state index in [0.717, 1.165) is 18.9 Å². The van der Waals surface area contributed by atoms with Crippen LogP contribution >= 0.6 is 0 Å². The van der Waals surface area contributed by atoms with E-state index in [0.29, 0.717) is 17.9 Å². The molecule has 0 saturated heterocycles. The Morgan fingerprint density at radius 1 is 1.32 bits per heavy atom. The maximum Gasteiger partial charge on any atom is 0.449 e. The summed E-state index contributed by atoms with van der Waals surface area (Å²) in [5.74, 6) is -0.775. The highest BCUT2D eigenvalue weighted by Crippen LogP contribution is 2.34. The highest BCUT2D eigenvalue weighted by molar-refractivity contribution is 5.75. The van der Waals surface area contributed by atoms with Crippen molar-refractivity contribution in [3.63, 3.8) is 0 Å². The number of rotatable bonds is 4. The second kappa shape index (κ2) is 5.26. The number of aromatic amines is 1. The highest BCUT2D eigenvalue weighted by atomic mass is 19.4. The predicted molar refractivity (Wildman–Crippen MR) is 71.6 cm³/mol. The zero-order valence-electron chi connectivity index (χ0n) is 11.5. The molecule has 0 unspecified atom stereocenters. The Balaban J connectivity index is 2.04. The molecule has 0 amide bonds. The minimum absolute atomic E-state index is 0.0802. The molecule has 118 valence electrons. The second-order valence-corrected chi connectivity index (χ2v) is 5.52. The van der Waals surface area contributed by atoms with Gasteiger partial charge in [0, 0.05) is 6.07 Å². The Bertz CT molecular complexity index is 819. The van der Waals surface area contributed by atoms with Gasteiger partial charge in [-0.25, -0.2) is 4.79 Å². The van der Waals surface area contributed by atoms with Crippen LogP contribution in [0.15, 0.2) is 20.1 Å². The minimum Gasteiger partial charge on any atom is -0.403 e. The lowest BCUT2D eigenvalue weighted by Crippen LogP contribution is -2.21. The van der Waals surface area contributed by atoms with Gasteiger partial charge in [-0.3, -0.25) is 4.79 Å². The van der Waals surface area contributed by atoms with E-state index in [-0.39, 0.29) is 5.39 Å². The fourth-order valence-corrected chi connectivity index (χ4v) is 2.47. The SMILES string of the molecule is O=c1cc(CCCC2CC2)c2c(=O)[nH]c(C(F)(F)F)nc2o1. The fourth-order valence-electron chi connectivity index (χ4n) is 2.47. The third kappa shape index (κ3) is 3.05. The van der Waals surface area contributed by atoms with Crippen molar-refractivity contribution in [2.45, 2.75) is 38.3 Å². The number of nitrogens with zero attached hydrogens (tertiary/aromatic N) is 1. The molecule has 0 spiro atoms. The first-order chi connectivity index (χ1) is 10.3. The Morgan fingerprint density at radius 3 is 2.68 bits per heavy atom. The van der Waals surface area contributed by atoms with Crippen LogP contribution in [0.4, 0.5) is 13.2 Å². The van der Waals surface area contributed by atoms with Crippen LogP contribution in [-0.4, -0.2) is 9.97 Å². The Hall–Kier alpha value is -2.12. The average Bonchev–Trinajstić information content (AvgIpc) is 3.20. The second-order valence-electron chi connectivity index (χ2n) is 5.52. The van der Waals surface area contributed by atoms with Crippen LogP contribution in [0.3, 0.4) is 0 Å². The van der Waals surface area contributed by atoms with Gasteiger partial charge >= 0.3 is 11.8 Å². The number of aromatic nitrogens is 2. The summed E-state index contributed by atoms with van der Waals surface area (Å²) in [4.78, 5) is 28.4. The Labute approximate surface area is 122 Å². The largest absolute Gasteiger partial charge is 0.449 e. The van der Waals surface area contributed by atoms with Gasteiger partial charge in [-0.15, -0.1) is 0 Å². The maximum absolute atomic E-state index is 12.6. The molecular weight excluding hydrogens is 301 g/mol. The first kappa shape index (κ1) is 14.8. The molecule has 0 radical (unpaired) electrons. The summed E-state index contributed by atoms with van der Waals surface area (Å²) in [5.41, 5.74) is -1.93. The van der Waals surface area contributed by atoms with Crippen LogP contribution in [0.1, 0.15) is 37.1 Å². The van der Waals surface area contributed by atoms with Crippen LogP contribution in [-0.2, 0) is 12.6 Å². The molecule has 0 bridgehead atoms. The van der Waals surface area contributed by atoms with Crippen molar-refractivity contribution >= 4 is 11.1 Å². The van der Waals surface area contributed by atoms with Crippen molar-refractivity contribution < 1.29 is 17.6 Å². The number of halogens is 3. The average molecular weight is 314 g/mol. The molecule has 1 fully saturated rings. The van der Waals surface area contributed by atoms with E-state index in [2.05, 4.69) is 9.40 Å². The number of nitrogens with one attached hydrogen (secondary N) is 1. The minimum atomic E-state index is -4.81. The summed E-state index contributed by atoms with van der Waals surface area (Å²) in [7, 11) is 0. The lowest BCUT2D eigenvalue weighted by molar-refractivity contribution is -0.145. The summed E-state index contributed by atoms with van der Waals surface area (Å²) in [6.07, 6.45) is -0.247. The molecule has 2 aromatic heterocycles. The molecule has 1 aliphatic carbocycles. The van der Waals surface area contributed by atoms with Crippen molar-refractivity contribution in [2.75, 3.05) is 0 Å². The molecular formula is C14H13F3N2O3. The summed E-state index contributed by atoms with van der Waals surface area (Å²) >= 11 is 0. The van der Waals surface area contributed by atoms with Gasteiger partial charge in [-0.05, 0) is 24.3 Å². The summed E-state index contributed by atoms with van der Waals surface area (Å²) in [6.45, 7) is 0. The van der Waals surface area contributed by atoms with Crippen molar-refractivity contribution in [2.24, 2.45) is 5.92 Å². The maximum atomic E-state index is 12.6. The number of H-pyrrole nitrogens is 1. The molecule has 3 rings (SSSR count). The Kier molecular flexibility index (Phi) is 3.54. The van der Waals surface area contributed by atoms with Gasteiger partial charge in [0.25, 0.3) is 5.56 Å². The van der Waals surface area contributed by atoms with E-state index in [4.69, 9.17) is 0 Å². The highest BCUT2D eigenvalue weighted by Gasteiger charge is 2.35. The quantitative estimate of drug-likeness (QED) is 0.941. The number of hydrogen-bond acceptors (Lipinski definition) is 4. The predicted octanol–water partition coefficient (Wildman–Crippen LogP) is 2.63. The van der Waals surface area contributed by atoms with Gasteiger partial charge in [-0.2, -0.15) is 18.2 Å². The molecule has 22 heavy (non-hydrogen) atoms. The van der Waals surface area contributed by atoms with Crippen LogP contribution in [0.25, 0.3) is 11.1 Å². The molecule has 0 aliphatic heterocycles. The molecule has 2 heterocycles. The zero-order valence-corrected chi connectivity index (χ0v) is 11.5. The van der Waals surface area contributed by atoms with Gasteiger partial charge in [0.15, 0.2) is 0 Å². The van der Waals surface area contributed by atoms with E-state index in [1.54, 1.807) is 4.98 Å². The molecule has 0 atom stereocenters. The molecule has 1 saturated carbocycles. The van der Waals surface area contributed by atoms with Gasteiger partial charge in [0.1, 0.15) is 5.39 Å². The van der Waals surface area contributed by atoms with E-state index < -0.39 is 28.9 Å². The topological polar surface area (TPSA) is 76.0 Å². The van der Waals surface area contributed by atoms with Crippen molar-refractivity contribution in [1.29, 1.82) is 0 Å². The zero-order chi connectivity index (χ0) is 15.9. The van der Waals surface area contributed by atoms with Crippen LogP contribution in [0.2, 0.25) is 0 Å². The Morgan fingerprint density at radius 2 is 2.05 bits per heavy atom. The summed E-state index contributed by atoms with van der Waals surface area (Å²) in [6, 6.07) is 1.15. The first-order valence-electron chi connectivity index (χ1n) is 6.99. The molecule has 2 aromatic rings. The number of fused-ring (bicyclic) bond motifs is 1. The van der Waals surface area contributed by atoms with E-state index >= 15 is 0 Å². The van der Waals surface area contributed by atoms with E-state index in [1.165, 1.54) is 12.8 Å². The molecule has 1 aliphatic rings. The smallest absolute Gasteiger partial charge is 0.403 e. The van der Waals surface area contributed by atoms with Crippen LogP contribution in [0.5, 0.6) is 0 Å². The summed E-state index contributed by atoms with van der Waals surface area (Å²) < 4.78 is 42.6. The normalized spacial score (nSPS) is 15.4. The lowest BCUT2D eigenvalue weighted by Gasteiger charge is -2.08. The molecule has 0 aromatic carbocycles. The number of alkyl halides is 3. The van der Waals surface area contributed by atoms with Gasteiger partial charge < -0.3 is 9.40 Å². The fraction of sp³-hybridized carbons (Fsp3) is 0.500. The van der Waals surface area contributed by atoms with E-state index in [9.17, 15) is 22.8 Å². The van der Waals surface area contributed by atoms with E-state index in [1.807, 2.05) is 0 Å². The lowest BCUT2D eigenvalue weighted by atomic mass is 10.1. The van der Waals surface area contributed by atoms with Gasteiger partial charge in [-0.1, -0.05) is 19.3 Å². The van der Waals surface area contributed by atoms with Crippen LogP contribution < -0.4 is 11.2 Å². The monoisotopic (exact) mass is 314 g/mol. The molecule has 5 nitrogen and oxygen atoms in total. The van der Waals surface area contributed by atoms with Crippen LogP contribution in [0, 0.1) is 5.92 Å². The number of aryl methyl sites for hydroxylation is 1.